The largest absolute Gasteiger partial charge is 0.369 e. The Morgan fingerprint density at radius 2 is 2.00 bits per heavy atom. The van der Waals surface area contributed by atoms with Gasteiger partial charge in [0.15, 0.2) is 0 Å². The topological polar surface area (TPSA) is 56.0 Å². The summed E-state index contributed by atoms with van der Waals surface area (Å²) in [5, 5.41) is 0. The molecule has 1 aromatic heterocycles. The van der Waals surface area contributed by atoms with Crippen molar-refractivity contribution < 1.29 is 9.18 Å². The number of carbonyl (C=O) groups excluding carboxylic acids is 1. The van der Waals surface area contributed by atoms with E-state index in [9.17, 15) is 9.18 Å². The number of amides is 1. The molecule has 1 aromatic carbocycles. The fourth-order valence-corrected chi connectivity index (χ4v) is 4.95. The standard InChI is InChI=1S/C23H25FN2O/c24-18-6-3-5-15(12-18)17-8-9-19(26-14-17)10-11-21-20-7-2-1-4-16(20)13-22(21)23(25)27/h3,5-6,8-12,14,16,20-22H,1-2,4,7,13H2,(H2,25,27)/b11-10+/t16-,20-,21+,22+/m1/s1. The van der Waals surface area contributed by atoms with Gasteiger partial charge in [-0.15, -0.1) is 0 Å². The van der Waals surface area contributed by atoms with E-state index in [1.165, 1.54) is 37.8 Å². The molecule has 0 spiro atoms. The minimum Gasteiger partial charge on any atom is -0.369 e. The van der Waals surface area contributed by atoms with E-state index in [1.54, 1.807) is 12.3 Å². The van der Waals surface area contributed by atoms with E-state index in [2.05, 4.69) is 11.1 Å². The summed E-state index contributed by atoms with van der Waals surface area (Å²) in [5.74, 6) is 0.942. The molecule has 4 heteroatoms. The number of benzene rings is 1. The fraction of sp³-hybridized carbons (Fsp3) is 0.391. The molecule has 0 saturated heterocycles. The smallest absolute Gasteiger partial charge is 0.221 e. The maximum absolute atomic E-state index is 13.4. The Kier molecular flexibility index (Phi) is 5.06. The van der Waals surface area contributed by atoms with Crippen molar-refractivity contribution in [1.82, 2.24) is 4.98 Å². The van der Waals surface area contributed by atoms with E-state index in [0.29, 0.717) is 11.8 Å². The fourth-order valence-electron chi connectivity index (χ4n) is 4.95. The molecular formula is C23H25FN2O. The number of hydrogen-bond donors (Lipinski definition) is 1. The Bertz CT molecular complexity index is 846. The highest BCUT2D eigenvalue weighted by atomic mass is 19.1. The Balaban J connectivity index is 1.52. The van der Waals surface area contributed by atoms with Gasteiger partial charge >= 0.3 is 0 Å². The summed E-state index contributed by atoms with van der Waals surface area (Å²) in [6, 6.07) is 10.4. The summed E-state index contributed by atoms with van der Waals surface area (Å²) in [6.07, 6.45) is 11.8. The van der Waals surface area contributed by atoms with Gasteiger partial charge in [-0.2, -0.15) is 0 Å². The molecule has 0 radical (unpaired) electrons. The molecule has 1 amide bonds. The van der Waals surface area contributed by atoms with Crippen LogP contribution in [0.2, 0.25) is 0 Å². The Morgan fingerprint density at radius 3 is 2.74 bits per heavy atom. The molecule has 140 valence electrons. The van der Waals surface area contributed by atoms with E-state index >= 15 is 0 Å². The van der Waals surface area contributed by atoms with Crippen molar-refractivity contribution in [3.63, 3.8) is 0 Å². The summed E-state index contributed by atoms with van der Waals surface area (Å²) in [4.78, 5) is 16.4. The molecule has 2 aliphatic rings. The Hall–Kier alpha value is -2.49. The van der Waals surface area contributed by atoms with Crippen LogP contribution in [0.25, 0.3) is 17.2 Å². The van der Waals surface area contributed by atoms with Gasteiger partial charge in [0, 0.05) is 17.7 Å². The average molecular weight is 364 g/mol. The Labute approximate surface area is 159 Å². The second-order valence-electron chi connectivity index (χ2n) is 7.87. The van der Waals surface area contributed by atoms with Crippen molar-refractivity contribution in [2.24, 2.45) is 29.4 Å². The van der Waals surface area contributed by atoms with Crippen LogP contribution in [-0.4, -0.2) is 10.9 Å². The number of rotatable bonds is 4. The first kappa shape index (κ1) is 17.9. The van der Waals surface area contributed by atoms with Gasteiger partial charge in [-0.25, -0.2) is 4.39 Å². The van der Waals surface area contributed by atoms with Gasteiger partial charge in [-0.3, -0.25) is 9.78 Å². The van der Waals surface area contributed by atoms with Crippen molar-refractivity contribution >= 4 is 12.0 Å². The summed E-state index contributed by atoms with van der Waals surface area (Å²) in [6.45, 7) is 0. The highest BCUT2D eigenvalue weighted by Gasteiger charge is 2.44. The summed E-state index contributed by atoms with van der Waals surface area (Å²) >= 11 is 0. The predicted octanol–water partition coefficient (Wildman–Crippen LogP) is 4.83. The predicted molar refractivity (Wildman–Crippen MR) is 105 cm³/mol. The Morgan fingerprint density at radius 1 is 1.15 bits per heavy atom. The van der Waals surface area contributed by atoms with Crippen molar-refractivity contribution in [2.45, 2.75) is 32.1 Å². The van der Waals surface area contributed by atoms with Crippen LogP contribution >= 0.6 is 0 Å². The van der Waals surface area contributed by atoms with Gasteiger partial charge in [0.25, 0.3) is 0 Å². The number of carbonyl (C=O) groups is 1. The lowest BCUT2D eigenvalue weighted by Gasteiger charge is -2.28. The number of fused-ring (bicyclic) bond motifs is 1. The first-order valence-corrected chi connectivity index (χ1v) is 9.81. The van der Waals surface area contributed by atoms with E-state index in [1.807, 2.05) is 24.3 Å². The number of nitrogens with zero attached hydrogens (tertiary/aromatic N) is 1. The van der Waals surface area contributed by atoms with Crippen LogP contribution in [0.3, 0.4) is 0 Å². The molecule has 0 bridgehead atoms. The number of hydrogen-bond acceptors (Lipinski definition) is 2. The monoisotopic (exact) mass is 364 g/mol. The molecule has 0 aliphatic heterocycles. The molecule has 2 N–H and O–H groups in total. The SMILES string of the molecule is NC(=O)[C@H]1C[C@H]2CCCC[C@H]2[C@@H]1/C=C/c1ccc(-c2cccc(F)c2)cn1. The van der Waals surface area contributed by atoms with Crippen LogP contribution in [0.5, 0.6) is 0 Å². The number of aromatic nitrogens is 1. The first-order valence-electron chi connectivity index (χ1n) is 9.81. The molecule has 2 fully saturated rings. The number of pyridine rings is 1. The van der Waals surface area contributed by atoms with Crippen molar-refractivity contribution in [3.05, 3.63) is 60.2 Å². The van der Waals surface area contributed by atoms with Crippen LogP contribution in [0.1, 0.15) is 37.8 Å². The maximum Gasteiger partial charge on any atom is 0.221 e. The number of primary amides is 1. The lowest BCUT2D eigenvalue weighted by molar-refractivity contribution is -0.122. The molecule has 2 aliphatic carbocycles. The molecule has 4 atom stereocenters. The quantitative estimate of drug-likeness (QED) is 0.845. The number of halogens is 1. The van der Waals surface area contributed by atoms with Crippen molar-refractivity contribution in [2.75, 3.05) is 0 Å². The second kappa shape index (κ2) is 7.63. The van der Waals surface area contributed by atoms with Crippen molar-refractivity contribution in [3.8, 4) is 11.1 Å². The minimum absolute atomic E-state index is 0.0547. The third kappa shape index (κ3) is 3.80. The van der Waals surface area contributed by atoms with Crippen LogP contribution in [0, 0.1) is 29.5 Å². The molecule has 2 saturated carbocycles. The zero-order valence-corrected chi connectivity index (χ0v) is 15.4. The third-order valence-corrected chi connectivity index (χ3v) is 6.28. The molecule has 4 rings (SSSR count). The lowest BCUT2D eigenvalue weighted by atomic mass is 9.77. The highest BCUT2D eigenvalue weighted by molar-refractivity contribution is 5.78. The van der Waals surface area contributed by atoms with E-state index in [0.717, 1.165) is 23.2 Å². The van der Waals surface area contributed by atoms with Gasteiger partial charge in [-0.05, 0) is 60.4 Å². The average Bonchev–Trinajstić information content (AvgIpc) is 3.06. The molecule has 27 heavy (non-hydrogen) atoms. The van der Waals surface area contributed by atoms with Gasteiger partial charge in [0.05, 0.1) is 5.69 Å². The molecule has 3 nitrogen and oxygen atoms in total. The minimum atomic E-state index is -0.253. The molecule has 1 heterocycles. The summed E-state index contributed by atoms with van der Waals surface area (Å²) < 4.78 is 13.4. The van der Waals surface area contributed by atoms with Crippen LogP contribution in [0.4, 0.5) is 4.39 Å². The molecule has 0 unspecified atom stereocenters. The second-order valence-corrected chi connectivity index (χ2v) is 7.87. The van der Waals surface area contributed by atoms with Crippen molar-refractivity contribution in [1.29, 1.82) is 0 Å². The summed E-state index contributed by atoms with van der Waals surface area (Å²) in [7, 11) is 0. The number of allylic oxidation sites excluding steroid dienone is 1. The van der Waals surface area contributed by atoms with Gasteiger partial charge in [-0.1, -0.05) is 43.5 Å². The molecule has 2 aromatic rings. The van der Waals surface area contributed by atoms with E-state index < -0.39 is 0 Å². The van der Waals surface area contributed by atoms with Crippen LogP contribution in [-0.2, 0) is 4.79 Å². The van der Waals surface area contributed by atoms with Gasteiger partial charge in [0.1, 0.15) is 5.82 Å². The van der Waals surface area contributed by atoms with Gasteiger partial charge < -0.3 is 5.73 Å². The first-order chi connectivity index (χ1) is 13.1. The molecular weight excluding hydrogens is 339 g/mol. The van der Waals surface area contributed by atoms with E-state index in [-0.39, 0.29) is 23.6 Å². The lowest BCUT2D eigenvalue weighted by Crippen LogP contribution is -2.27. The van der Waals surface area contributed by atoms with Gasteiger partial charge in [0.2, 0.25) is 5.91 Å². The van der Waals surface area contributed by atoms with Crippen LogP contribution < -0.4 is 5.73 Å². The maximum atomic E-state index is 13.4. The van der Waals surface area contributed by atoms with E-state index in [4.69, 9.17) is 5.73 Å². The zero-order valence-electron chi connectivity index (χ0n) is 15.4. The third-order valence-electron chi connectivity index (χ3n) is 6.28. The van der Waals surface area contributed by atoms with Crippen LogP contribution in [0.15, 0.2) is 48.7 Å². The summed E-state index contributed by atoms with van der Waals surface area (Å²) in [5.41, 5.74) is 8.23. The normalized spacial score (nSPS) is 27.6. The highest BCUT2D eigenvalue weighted by Crippen LogP contribution is 2.49. The zero-order chi connectivity index (χ0) is 18.8. The number of nitrogens with two attached hydrogens (primary N) is 1.